The molecule has 0 aliphatic rings. The van der Waals surface area contributed by atoms with E-state index in [4.69, 9.17) is 4.42 Å². The Morgan fingerprint density at radius 3 is 2.62 bits per heavy atom. The maximum absolute atomic E-state index is 12.9. The van der Waals surface area contributed by atoms with Crippen LogP contribution in [0.15, 0.2) is 75.1 Å². The molecule has 9 nitrogen and oxygen atoms in total. The highest BCUT2D eigenvalue weighted by Gasteiger charge is 2.16. The number of rotatable bonds is 3. The van der Waals surface area contributed by atoms with Gasteiger partial charge >= 0.3 is 5.91 Å². The van der Waals surface area contributed by atoms with E-state index in [-0.39, 0.29) is 22.2 Å². The number of carbonyl (C=O) groups excluding carboxylic acids is 1. The molecule has 9 heteroatoms. The van der Waals surface area contributed by atoms with Crippen molar-refractivity contribution in [2.75, 3.05) is 5.43 Å². The summed E-state index contributed by atoms with van der Waals surface area (Å²) < 4.78 is 8.03. The Bertz CT molecular complexity index is 1640. The number of amides is 1. The van der Waals surface area contributed by atoms with Gasteiger partial charge < -0.3 is 4.42 Å². The maximum Gasteiger partial charge on any atom is 0.306 e. The maximum atomic E-state index is 12.9. The van der Waals surface area contributed by atoms with E-state index in [9.17, 15) is 14.4 Å². The van der Waals surface area contributed by atoms with Gasteiger partial charge in [-0.3, -0.25) is 19.8 Å². The molecule has 5 rings (SSSR count). The second kappa shape index (κ2) is 7.31. The van der Waals surface area contributed by atoms with Crippen molar-refractivity contribution < 1.29 is 9.21 Å². The topological polar surface area (TPSA) is 112 Å². The quantitative estimate of drug-likeness (QED) is 0.474. The van der Waals surface area contributed by atoms with Crippen LogP contribution < -0.4 is 16.4 Å². The second-order valence-electron chi connectivity index (χ2n) is 7.39. The molecule has 0 fully saturated rings. The average molecular weight is 427 g/mol. The van der Waals surface area contributed by atoms with Gasteiger partial charge in [-0.05, 0) is 49.2 Å². The summed E-state index contributed by atoms with van der Waals surface area (Å²) in [6, 6.07) is 13.5. The number of nitrogens with zero attached hydrogens (tertiary/aromatic N) is 4. The van der Waals surface area contributed by atoms with Crippen LogP contribution >= 0.6 is 0 Å². The lowest BCUT2D eigenvalue weighted by Gasteiger charge is -2.09. The van der Waals surface area contributed by atoms with E-state index < -0.39 is 11.5 Å². The number of fused-ring (bicyclic) bond motifs is 2. The molecule has 158 valence electrons. The summed E-state index contributed by atoms with van der Waals surface area (Å²) in [5.74, 6) is -0.968. The first-order valence-electron chi connectivity index (χ1n) is 9.79. The van der Waals surface area contributed by atoms with Crippen LogP contribution in [0.4, 0.5) is 0 Å². The number of aryl methyl sites for hydroxylation is 2. The zero-order chi connectivity index (χ0) is 22.4. The summed E-state index contributed by atoms with van der Waals surface area (Å²) in [7, 11) is 0. The van der Waals surface area contributed by atoms with E-state index in [0.717, 1.165) is 27.6 Å². The van der Waals surface area contributed by atoms with E-state index in [2.05, 4.69) is 15.5 Å². The fourth-order valence-corrected chi connectivity index (χ4v) is 3.42. The molecule has 0 bridgehead atoms. The van der Waals surface area contributed by atoms with Crippen LogP contribution in [0.1, 0.15) is 21.7 Å². The SMILES string of the molecule is Cc1ccc(-n2ncc3c(=O)n(NC(=O)c4cc(=O)c5ccccc5o4)cnc32)cc1C. The number of hydrogen-bond acceptors (Lipinski definition) is 6. The van der Waals surface area contributed by atoms with E-state index in [1.807, 2.05) is 32.0 Å². The van der Waals surface area contributed by atoms with Crippen LogP contribution in [0.25, 0.3) is 27.7 Å². The predicted octanol–water partition coefficient (Wildman–Crippen LogP) is 2.69. The molecule has 0 saturated heterocycles. The number of para-hydroxylation sites is 1. The molecule has 0 spiro atoms. The predicted molar refractivity (Wildman–Crippen MR) is 119 cm³/mol. The van der Waals surface area contributed by atoms with Gasteiger partial charge in [-0.15, -0.1) is 0 Å². The van der Waals surface area contributed by atoms with Gasteiger partial charge in [-0.25, -0.2) is 14.3 Å². The zero-order valence-electron chi connectivity index (χ0n) is 17.2. The molecule has 0 atom stereocenters. The molecule has 3 aromatic heterocycles. The second-order valence-corrected chi connectivity index (χ2v) is 7.39. The highest BCUT2D eigenvalue weighted by Crippen LogP contribution is 2.17. The lowest BCUT2D eigenvalue weighted by molar-refractivity contribution is 0.0981. The first kappa shape index (κ1) is 19.4. The molecule has 1 N–H and O–H groups in total. The molecule has 3 heterocycles. The highest BCUT2D eigenvalue weighted by atomic mass is 16.3. The molecule has 0 aliphatic carbocycles. The summed E-state index contributed by atoms with van der Waals surface area (Å²) in [4.78, 5) is 42.1. The molecule has 32 heavy (non-hydrogen) atoms. The molecule has 0 aliphatic heterocycles. The Balaban J connectivity index is 1.51. The summed E-state index contributed by atoms with van der Waals surface area (Å²) in [5, 5.41) is 4.88. The normalized spacial score (nSPS) is 11.2. The Hall–Kier alpha value is -4.53. The number of nitrogens with one attached hydrogen (secondary N) is 1. The number of carbonyl (C=O) groups is 1. The molecule has 0 saturated carbocycles. The monoisotopic (exact) mass is 427 g/mol. The van der Waals surface area contributed by atoms with Crippen LogP contribution in [0.2, 0.25) is 0 Å². The minimum absolute atomic E-state index is 0.216. The Morgan fingerprint density at radius 1 is 1.00 bits per heavy atom. The van der Waals surface area contributed by atoms with Gasteiger partial charge in [-0.1, -0.05) is 18.2 Å². The van der Waals surface area contributed by atoms with Crippen LogP contribution in [-0.4, -0.2) is 25.3 Å². The van der Waals surface area contributed by atoms with Crippen LogP contribution in [-0.2, 0) is 0 Å². The van der Waals surface area contributed by atoms with Gasteiger partial charge in [-0.2, -0.15) is 5.10 Å². The molecule has 0 unspecified atom stereocenters. The van der Waals surface area contributed by atoms with Crippen molar-refractivity contribution in [3.8, 4) is 5.69 Å². The van der Waals surface area contributed by atoms with E-state index in [1.54, 1.807) is 28.9 Å². The van der Waals surface area contributed by atoms with Crippen molar-refractivity contribution in [3.63, 3.8) is 0 Å². The summed E-state index contributed by atoms with van der Waals surface area (Å²) >= 11 is 0. The lowest BCUT2D eigenvalue weighted by atomic mass is 10.1. The van der Waals surface area contributed by atoms with Gasteiger partial charge in [0.15, 0.2) is 16.8 Å². The minimum Gasteiger partial charge on any atom is -0.451 e. The van der Waals surface area contributed by atoms with Crippen LogP contribution in [0.5, 0.6) is 0 Å². The van der Waals surface area contributed by atoms with Gasteiger partial charge in [0.05, 0.1) is 17.3 Å². The number of aromatic nitrogens is 4. The van der Waals surface area contributed by atoms with E-state index in [1.165, 1.54) is 12.5 Å². The van der Waals surface area contributed by atoms with Gasteiger partial charge in [0, 0.05) is 6.07 Å². The molecule has 1 amide bonds. The Morgan fingerprint density at radius 2 is 1.81 bits per heavy atom. The minimum atomic E-state index is -0.752. The molecular weight excluding hydrogens is 410 g/mol. The summed E-state index contributed by atoms with van der Waals surface area (Å²) in [5.41, 5.74) is 5.18. The zero-order valence-corrected chi connectivity index (χ0v) is 17.2. The molecule has 2 aromatic carbocycles. The van der Waals surface area contributed by atoms with Gasteiger partial charge in [0.25, 0.3) is 5.56 Å². The third-order valence-corrected chi connectivity index (χ3v) is 5.30. The van der Waals surface area contributed by atoms with Crippen molar-refractivity contribution >= 4 is 27.9 Å². The molecule has 5 aromatic rings. The van der Waals surface area contributed by atoms with Gasteiger partial charge in [0.2, 0.25) is 0 Å². The Labute approximate surface area is 180 Å². The van der Waals surface area contributed by atoms with Crippen molar-refractivity contribution in [2.45, 2.75) is 13.8 Å². The van der Waals surface area contributed by atoms with E-state index in [0.29, 0.717) is 11.0 Å². The van der Waals surface area contributed by atoms with Crippen molar-refractivity contribution in [1.29, 1.82) is 0 Å². The van der Waals surface area contributed by atoms with E-state index >= 15 is 0 Å². The van der Waals surface area contributed by atoms with Crippen LogP contribution in [0.3, 0.4) is 0 Å². The summed E-state index contributed by atoms with van der Waals surface area (Å²) in [6.45, 7) is 4.00. The fourth-order valence-electron chi connectivity index (χ4n) is 3.42. The lowest BCUT2D eigenvalue weighted by Crippen LogP contribution is -2.33. The fraction of sp³-hybridized carbons (Fsp3) is 0.0870. The number of benzene rings is 2. The average Bonchev–Trinajstić information content (AvgIpc) is 3.22. The first-order valence-corrected chi connectivity index (χ1v) is 9.79. The third-order valence-electron chi connectivity index (χ3n) is 5.30. The molecular formula is C23H17N5O4. The largest absolute Gasteiger partial charge is 0.451 e. The Kier molecular flexibility index (Phi) is 4.44. The smallest absolute Gasteiger partial charge is 0.306 e. The first-order chi connectivity index (χ1) is 15.4. The number of hydrogen-bond donors (Lipinski definition) is 1. The standard InChI is InChI=1S/C23H17N5O4/c1-13-7-8-15(9-14(13)2)28-21-17(11-25-28)23(31)27(12-24-21)26-22(30)20-10-18(29)16-5-3-4-6-19(16)32-20/h3-12H,1-2H3,(H,26,30). The third kappa shape index (κ3) is 3.16. The molecule has 0 radical (unpaired) electrons. The van der Waals surface area contributed by atoms with Crippen molar-refractivity contribution in [1.82, 2.24) is 19.4 Å². The summed E-state index contributed by atoms with van der Waals surface area (Å²) in [6.07, 6.45) is 2.60. The van der Waals surface area contributed by atoms with Crippen LogP contribution in [0, 0.1) is 13.8 Å². The highest BCUT2D eigenvalue weighted by molar-refractivity contribution is 5.98. The van der Waals surface area contributed by atoms with Crippen molar-refractivity contribution in [3.05, 3.63) is 98.5 Å². The van der Waals surface area contributed by atoms with Gasteiger partial charge in [0.1, 0.15) is 17.3 Å². The van der Waals surface area contributed by atoms with Crippen molar-refractivity contribution in [2.24, 2.45) is 0 Å².